The fourth-order valence-electron chi connectivity index (χ4n) is 3.12. The molecule has 2 aliphatic rings. The first kappa shape index (κ1) is 9.41. The molecule has 2 aliphatic heterocycles. The van der Waals surface area contributed by atoms with Crippen LogP contribution in [0, 0.1) is 11.8 Å². The van der Waals surface area contributed by atoms with Gasteiger partial charge in [0.1, 0.15) is 5.52 Å². The van der Waals surface area contributed by atoms with Crippen LogP contribution in [0.25, 0.3) is 5.52 Å². The lowest BCUT2D eigenvalue weighted by molar-refractivity contribution is 0.533. The zero-order valence-electron chi connectivity index (χ0n) is 9.58. The molecule has 0 aromatic carbocycles. The smallest absolute Gasteiger partial charge is 0.154 e. The largest absolute Gasteiger partial charge is 0.354 e. The molecule has 2 atom stereocenters. The molecule has 0 radical (unpaired) electrons. The average Bonchev–Trinajstić information content (AvgIpc) is 3.02. The first-order chi connectivity index (χ1) is 8.42. The van der Waals surface area contributed by atoms with Gasteiger partial charge in [-0.1, -0.05) is 0 Å². The minimum Gasteiger partial charge on any atom is -0.354 e. The summed E-state index contributed by atoms with van der Waals surface area (Å²) in [5, 5.41) is 7.72. The molecular weight excluding hydrogens is 214 g/mol. The second-order valence-corrected chi connectivity index (χ2v) is 5.00. The lowest BCUT2D eigenvalue weighted by atomic mass is 10.0. The summed E-state index contributed by atoms with van der Waals surface area (Å²) < 4.78 is 1.90. The fraction of sp³-hybridized carbons (Fsp3) is 0.500. The topological polar surface area (TPSA) is 45.5 Å². The van der Waals surface area contributed by atoms with Crippen molar-refractivity contribution in [3.05, 3.63) is 24.7 Å². The van der Waals surface area contributed by atoms with Crippen LogP contribution in [0.3, 0.4) is 0 Å². The molecule has 17 heavy (non-hydrogen) atoms. The third kappa shape index (κ3) is 1.35. The molecule has 88 valence electrons. The first-order valence-electron chi connectivity index (χ1n) is 6.16. The summed E-state index contributed by atoms with van der Waals surface area (Å²) in [5.74, 6) is 2.67. The molecule has 2 aromatic rings. The van der Waals surface area contributed by atoms with E-state index in [-0.39, 0.29) is 0 Å². The van der Waals surface area contributed by atoms with Crippen LogP contribution in [0.2, 0.25) is 0 Å². The molecule has 1 N–H and O–H groups in total. The highest BCUT2D eigenvalue weighted by Crippen LogP contribution is 2.31. The maximum absolute atomic E-state index is 4.53. The Bertz CT molecular complexity index is 537. The van der Waals surface area contributed by atoms with Crippen molar-refractivity contribution < 1.29 is 0 Å². The molecule has 5 heteroatoms. The van der Waals surface area contributed by atoms with Gasteiger partial charge < -0.3 is 10.2 Å². The molecular formula is C12H15N5. The Labute approximate surface area is 99.4 Å². The van der Waals surface area contributed by atoms with Crippen LogP contribution in [-0.2, 0) is 0 Å². The number of fused-ring (bicyclic) bond motifs is 2. The van der Waals surface area contributed by atoms with Gasteiger partial charge in [0.2, 0.25) is 0 Å². The monoisotopic (exact) mass is 229 g/mol. The molecule has 0 aliphatic carbocycles. The van der Waals surface area contributed by atoms with E-state index in [1.807, 2.05) is 29.2 Å². The van der Waals surface area contributed by atoms with Crippen LogP contribution in [0.15, 0.2) is 24.7 Å². The van der Waals surface area contributed by atoms with E-state index in [0.717, 1.165) is 49.3 Å². The Morgan fingerprint density at radius 1 is 1.18 bits per heavy atom. The van der Waals surface area contributed by atoms with Crippen molar-refractivity contribution in [2.24, 2.45) is 11.8 Å². The average molecular weight is 229 g/mol. The normalized spacial score (nSPS) is 27.9. The van der Waals surface area contributed by atoms with E-state index in [1.165, 1.54) is 0 Å². The van der Waals surface area contributed by atoms with E-state index >= 15 is 0 Å². The maximum atomic E-state index is 4.53. The molecule has 0 saturated carbocycles. The van der Waals surface area contributed by atoms with Gasteiger partial charge in [-0.15, -0.1) is 0 Å². The van der Waals surface area contributed by atoms with Gasteiger partial charge in [-0.2, -0.15) is 5.10 Å². The maximum Gasteiger partial charge on any atom is 0.154 e. The van der Waals surface area contributed by atoms with E-state index < -0.39 is 0 Å². The van der Waals surface area contributed by atoms with Gasteiger partial charge in [0.25, 0.3) is 0 Å². The number of nitrogens with zero attached hydrogens (tertiary/aromatic N) is 4. The SMILES string of the molecule is c1cn2nccc2c(N2CC3CNCC3C2)n1. The summed E-state index contributed by atoms with van der Waals surface area (Å²) >= 11 is 0. The van der Waals surface area contributed by atoms with E-state index in [1.54, 1.807) is 0 Å². The molecule has 0 amide bonds. The predicted molar refractivity (Wildman–Crippen MR) is 65.0 cm³/mol. The zero-order valence-corrected chi connectivity index (χ0v) is 9.58. The van der Waals surface area contributed by atoms with E-state index in [0.29, 0.717) is 0 Å². The Morgan fingerprint density at radius 3 is 2.82 bits per heavy atom. The van der Waals surface area contributed by atoms with Crippen LogP contribution in [0.1, 0.15) is 0 Å². The van der Waals surface area contributed by atoms with Gasteiger partial charge in [0, 0.05) is 38.6 Å². The molecule has 0 spiro atoms. The molecule has 2 aromatic heterocycles. The lowest BCUT2D eigenvalue weighted by Gasteiger charge is -2.19. The van der Waals surface area contributed by atoms with Gasteiger partial charge in [-0.3, -0.25) is 0 Å². The number of rotatable bonds is 1. The fourth-order valence-corrected chi connectivity index (χ4v) is 3.12. The molecule has 4 rings (SSSR count). The predicted octanol–water partition coefficient (Wildman–Crippen LogP) is 0.385. The van der Waals surface area contributed by atoms with Crippen molar-refractivity contribution in [3.63, 3.8) is 0 Å². The molecule has 2 unspecified atom stereocenters. The van der Waals surface area contributed by atoms with Crippen molar-refractivity contribution >= 4 is 11.3 Å². The standard InChI is InChI=1S/C12H15N5/c1-2-15-17-4-3-14-12(11(1)17)16-7-9-5-13-6-10(9)8-16/h1-4,9-10,13H,5-8H2. The summed E-state index contributed by atoms with van der Waals surface area (Å²) in [7, 11) is 0. The quantitative estimate of drug-likeness (QED) is 0.768. The van der Waals surface area contributed by atoms with Gasteiger partial charge in [-0.25, -0.2) is 9.50 Å². The molecule has 2 fully saturated rings. The van der Waals surface area contributed by atoms with Crippen LogP contribution >= 0.6 is 0 Å². The van der Waals surface area contributed by atoms with E-state index in [2.05, 4.69) is 20.3 Å². The highest BCUT2D eigenvalue weighted by Gasteiger charge is 2.37. The summed E-state index contributed by atoms with van der Waals surface area (Å²) in [5.41, 5.74) is 1.11. The lowest BCUT2D eigenvalue weighted by Crippen LogP contribution is -2.26. The summed E-state index contributed by atoms with van der Waals surface area (Å²) in [6.07, 6.45) is 5.57. The van der Waals surface area contributed by atoms with Crippen molar-refractivity contribution in [1.29, 1.82) is 0 Å². The number of hydrogen-bond acceptors (Lipinski definition) is 4. The minimum absolute atomic E-state index is 0.792. The molecule has 0 bridgehead atoms. The number of aromatic nitrogens is 3. The third-order valence-electron chi connectivity index (χ3n) is 3.99. The Hall–Kier alpha value is -1.62. The van der Waals surface area contributed by atoms with Crippen molar-refractivity contribution in [2.45, 2.75) is 0 Å². The number of anilines is 1. The Kier molecular flexibility index (Phi) is 1.90. The second-order valence-electron chi connectivity index (χ2n) is 5.00. The zero-order chi connectivity index (χ0) is 11.2. The minimum atomic E-state index is 0.792. The summed E-state index contributed by atoms with van der Waals surface area (Å²) in [6, 6.07) is 2.04. The number of nitrogens with one attached hydrogen (secondary N) is 1. The Balaban J connectivity index is 1.73. The first-order valence-corrected chi connectivity index (χ1v) is 6.16. The van der Waals surface area contributed by atoms with Crippen LogP contribution < -0.4 is 10.2 Å². The van der Waals surface area contributed by atoms with Crippen molar-refractivity contribution in [3.8, 4) is 0 Å². The van der Waals surface area contributed by atoms with E-state index in [4.69, 9.17) is 0 Å². The number of hydrogen-bond donors (Lipinski definition) is 1. The van der Waals surface area contributed by atoms with Crippen LogP contribution in [-0.4, -0.2) is 40.8 Å². The third-order valence-corrected chi connectivity index (χ3v) is 3.99. The molecule has 4 heterocycles. The summed E-state index contributed by atoms with van der Waals surface area (Å²) in [6.45, 7) is 4.55. The van der Waals surface area contributed by atoms with Gasteiger partial charge in [-0.05, 0) is 17.9 Å². The van der Waals surface area contributed by atoms with Gasteiger partial charge in [0.15, 0.2) is 5.82 Å². The Morgan fingerprint density at radius 2 is 2.00 bits per heavy atom. The van der Waals surface area contributed by atoms with Crippen molar-refractivity contribution in [2.75, 3.05) is 31.1 Å². The highest BCUT2D eigenvalue weighted by molar-refractivity contribution is 5.68. The summed E-state index contributed by atoms with van der Waals surface area (Å²) in [4.78, 5) is 6.94. The molecule has 2 saturated heterocycles. The second kappa shape index (κ2) is 3.43. The van der Waals surface area contributed by atoms with E-state index in [9.17, 15) is 0 Å². The van der Waals surface area contributed by atoms with Crippen molar-refractivity contribution in [1.82, 2.24) is 19.9 Å². The molecule has 5 nitrogen and oxygen atoms in total. The van der Waals surface area contributed by atoms with Gasteiger partial charge in [0.05, 0.1) is 6.20 Å². The van der Waals surface area contributed by atoms with Crippen LogP contribution in [0.5, 0.6) is 0 Å². The highest BCUT2D eigenvalue weighted by atomic mass is 15.3. The van der Waals surface area contributed by atoms with Gasteiger partial charge >= 0.3 is 0 Å². The van der Waals surface area contributed by atoms with Crippen LogP contribution in [0.4, 0.5) is 5.82 Å².